The van der Waals surface area contributed by atoms with E-state index in [1.165, 1.54) is 13.0 Å². The molecule has 2 N–H and O–H groups in total. The fourth-order valence-corrected chi connectivity index (χ4v) is 3.36. The summed E-state index contributed by atoms with van der Waals surface area (Å²) in [5.74, 6) is -4.08. The molecule has 1 rings (SSSR count). The van der Waals surface area contributed by atoms with E-state index < -0.39 is 55.2 Å². The van der Waals surface area contributed by atoms with Crippen molar-refractivity contribution < 1.29 is 42.4 Å². The van der Waals surface area contributed by atoms with E-state index in [4.69, 9.17) is 9.47 Å². The highest BCUT2D eigenvalue weighted by Crippen LogP contribution is 2.28. The van der Waals surface area contributed by atoms with E-state index in [2.05, 4.69) is 6.58 Å². The summed E-state index contributed by atoms with van der Waals surface area (Å²) in [5, 5.41) is 20.4. The Labute approximate surface area is 180 Å². The van der Waals surface area contributed by atoms with Gasteiger partial charge in [0.15, 0.2) is 18.0 Å². The molecule has 0 fully saturated rings. The van der Waals surface area contributed by atoms with Crippen LogP contribution in [0, 0.1) is 11.8 Å². The minimum atomic E-state index is -4.64. The first kappa shape index (κ1) is 26.9. The molecule has 0 saturated carbocycles. The van der Waals surface area contributed by atoms with E-state index in [0.717, 1.165) is 0 Å². The second-order valence-electron chi connectivity index (χ2n) is 8.05. The monoisotopic (exact) mass is 448 g/mol. The molecule has 0 spiro atoms. The number of carbonyl (C=O) groups is 2. The van der Waals surface area contributed by atoms with Gasteiger partial charge in [-0.05, 0) is 44.3 Å². The number of rotatable bonds is 4. The van der Waals surface area contributed by atoms with Crippen LogP contribution < -0.4 is 0 Å². The van der Waals surface area contributed by atoms with Gasteiger partial charge in [0.25, 0.3) is 0 Å². The van der Waals surface area contributed by atoms with Crippen LogP contribution in [0.15, 0.2) is 35.6 Å². The Balaban J connectivity index is 3.42. The number of halogens is 3. The molecule has 31 heavy (non-hydrogen) atoms. The molecule has 0 amide bonds. The van der Waals surface area contributed by atoms with Crippen LogP contribution in [-0.2, 0) is 19.1 Å². The van der Waals surface area contributed by atoms with Crippen LogP contribution in [0.2, 0.25) is 0 Å². The van der Waals surface area contributed by atoms with Crippen molar-refractivity contribution in [3.63, 3.8) is 0 Å². The topological polar surface area (TPSA) is 93.1 Å². The molecule has 0 unspecified atom stereocenters. The van der Waals surface area contributed by atoms with Crippen molar-refractivity contribution >= 4 is 11.8 Å². The highest BCUT2D eigenvalue weighted by Gasteiger charge is 2.43. The Morgan fingerprint density at radius 3 is 2.45 bits per heavy atom. The number of alkyl halides is 3. The number of cyclic esters (lactones) is 1. The normalized spacial score (nSPS) is 32.9. The van der Waals surface area contributed by atoms with Gasteiger partial charge >= 0.3 is 12.1 Å². The number of hydrogen-bond donors (Lipinski definition) is 2. The van der Waals surface area contributed by atoms with Gasteiger partial charge in [-0.3, -0.25) is 9.59 Å². The highest BCUT2D eigenvalue weighted by atomic mass is 19.4. The van der Waals surface area contributed by atoms with Gasteiger partial charge in [-0.2, -0.15) is 13.2 Å². The molecule has 4 atom stereocenters. The van der Waals surface area contributed by atoms with E-state index in [9.17, 15) is 33.0 Å². The molecule has 176 valence electrons. The van der Waals surface area contributed by atoms with Crippen molar-refractivity contribution in [2.75, 3.05) is 13.2 Å². The van der Waals surface area contributed by atoms with E-state index in [1.807, 2.05) is 0 Å². The minimum Gasteiger partial charge on any atom is -0.489 e. The Hall–Kier alpha value is -2.13. The number of aliphatic hydroxyl groups is 2. The Morgan fingerprint density at radius 2 is 1.94 bits per heavy atom. The first-order chi connectivity index (χ1) is 14.2. The average Bonchev–Trinajstić information content (AvgIpc) is 2.66. The molecule has 1 aliphatic rings. The van der Waals surface area contributed by atoms with E-state index >= 15 is 0 Å². The first-order valence-corrected chi connectivity index (χ1v) is 10.1. The van der Waals surface area contributed by atoms with Crippen LogP contribution in [-0.4, -0.2) is 53.1 Å². The van der Waals surface area contributed by atoms with Gasteiger partial charge < -0.3 is 19.7 Å². The number of aliphatic hydroxyl groups excluding tert-OH is 1. The van der Waals surface area contributed by atoms with Crippen molar-refractivity contribution in [1.29, 1.82) is 0 Å². The highest BCUT2D eigenvalue weighted by molar-refractivity contribution is 6.03. The summed E-state index contributed by atoms with van der Waals surface area (Å²) in [6.45, 7) is 7.69. The molecular formula is C22H31F3O6. The molecule has 1 heterocycles. The Bertz CT molecular complexity index is 740. The second kappa shape index (κ2) is 10.9. The number of carbonyl (C=O) groups excluding carboxylic acids is 2. The van der Waals surface area contributed by atoms with Gasteiger partial charge in [0.05, 0.1) is 12.4 Å². The quantitative estimate of drug-likeness (QED) is 0.504. The van der Waals surface area contributed by atoms with Crippen molar-refractivity contribution in [3.05, 3.63) is 35.6 Å². The average molecular weight is 448 g/mol. The minimum absolute atomic E-state index is 0.313. The lowest BCUT2D eigenvalue weighted by Gasteiger charge is -2.29. The first-order valence-electron chi connectivity index (χ1n) is 10.1. The molecule has 0 aliphatic carbocycles. The van der Waals surface area contributed by atoms with Gasteiger partial charge in [-0.15, -0.1) is 0 Å². The summed E-state index contributed by atoms with van der Waals surface area (Å²) in [5.41, 5.74) is -1.16. The van der Waals surface area contributed by atoms with Gasteiger partial charge in [0.1, 0.15) is 12.0 Å². The Morgan fingerprint density at radius 1 is 1.32 bits per heavy atom. The maximum absolute atomic E-state index is 12.8. The SMILES string of the molecule is C=C1/C=C(\C)[C@H](CC)OC(=O)[C@H](C)C(=O)[C@@](O)(CO)C/C(OCC(F)(F)F)=C/[C@@H](C)C1. The third kappa shape index (κ3) is 8.14. The zero-order chi connectivity index (χ0) is 24.0. The zero-order valence-corrected chi connectivity index (χ0v) is 18.3. The molecule has 0 aromatic carbocycles. The number of esters is 1. The molecular weight excluding hydrogens is 417 g/mol. The van der Waals surface area contributed by atoms with Crippen molar-refractivity contribution in [3.8, 4) is 0 Å². The lowest BCUT2D eigenvalue weighted by Crippen LogP contribution is -2.48. The van der Waals surface area contributed by atoms with Crippen LogP contribution in [0.3, 0.4) is 0 Å². The molecule has 9 heteroatoms. The summed E-state index contributed by atoms with van der Waals surface area (Å²) in [4.78, 5) is 25.3. The number of allylic oxidation sites excluding steroid dienone is 3. The van der Waals surface area contributed by atoms with Gasteiger partial charge in [0.2, 0.25) is 0 Å². The van der Waals surface area contributed by atoms with Crippen LogP contribution >= 0.6 is 0 Å². The fraction of sp³-hybridized carbons (Fsp3) is 0.636. The van der Waals surface area contributed by atoms with E-state index in [1.54, 1.807) is 26.8 Å². The van der Waals surface area contributed by atoms with Crippen molar-refractivity contribution in [2.24, 2.45) is 11.8 Å². The van der Waals surface area contributed by atoms with Crippen molar-refractivity contribution in [1.82, 2.24) is 0 Å². The van der Waals surface area contributed by atoms with E-state index in [-0.39, 0.29) is 11.7 Å². The summed E-state index contributed by atoms with van der Waals surface area (Å²) in [7, 11) is 0. The molecule has 0 aromatic heterocycles. The largest absolute Gasteiger partial charge is 0.489 e. The third-order valence-corrected chi connectivity index (χ3v) is 4.98. The summed E-state index contributed by atoms with van der Waals surface area (Å²) >= 11 is 0. The summed E-state index contributed by atoms with van der Waals surface area (Å²) in [6.07, 6.45) is -2.08. The van der Waals surface area contributed by atoms with Crippen molar-refractivity contribution in [2.45, 2.75) is 64.8 Å². The predicted octanol–water partition coefficient (Wildman–Crippen LogP) is 3.63. The number of hydrogen-bond acceptors (Lipinski definition) is 6. The number of ketones is 1. The van der Waals surface area contributed by atoms with Crippen LogP contribution in [0.4, 0.5) is 13.2 Å². The smallest absolute Gasteiger partial charge is 0.422 e. The molecule has 1 aliphatic heterocycles. The standard InChI is InChI=1S/C22H31F3O6/c1-6-18-15(4)8-13(2)7-14(3)9-17(30-12-22(23,24)25)10-21(29,11-26)19(27)16(5)20(28)31-18/h8-9,14,16,18,26,29H,2,6-7,10-12H2,1,3-5H3/b15-8+,17-9-/t14-,16+,18-,21-/m0/s1. The predicted molar refractivity (Wildman–Crippen MR) is 108 cm³/mol. The molecule has 0 bridgehead atoms. The molecule has 6 nitrogen and oxygen atoms in total. The summed E-state index contributed by atoms with van der Waals surface area (Å²) < 4.78 is 48.3. The zero-order valence-electron chi connectivity index (χ0n) is 18.3. The number of ether oxygens (including phenoxy) is 2. The molecule has 0 radical (unpaired) electrons. The number of Topliss-reactive ketones (excluding diaryl/α,β-unsaturated/α-hetero) is 1. The van der Waals surface area contributed by atoms with Gasteiger partial charge in [0, 0.05) is 6.42 Å². The lowest BCUT2D eigenvalue weighted by atomic mass is 9.86. The van der Waals surface area contributed by atoms with Gasteiger partial charge in [-0.1, -0.05) is 32.1 Å². The maximum Gasteiger partial charge on any atom is 0.422 e. The molecule has 0 aromatic rings. The van der Waals surface area contributed by atoms with Gasteiger partial charge in [-0.25, -0.2) is 0 Å². The van der Waals surface area contributed by atoms with E-state index in [0.29, 0.717) is 24.0 Å². The van der Waals surface area contributed by atoms with Crippen LogP contribution in [0.1, 0.15) is 47.0 Å². The fourth-order valence-electron chi connectivity index (χ4n) is 3.36. The maximum atomic E-state index is 12.8. The summed E-state index contributed by atoms with van der Waals surface area (Å²) in [6, 6.07) is 0. The van der Waals surface area contributed by atoms with Crippen LogP contribution in [0.5, 0.6) is 0 Å². The van der Waals surface area contributed by atoms with Crippen LogP contribution in [0.25, 0.3) is 0 Å². The molecule has 0 saturated heterocycles. The third-order valence-electron chi connectivity index (χ3n) is 4.98. The Kier molecular flexibility index (Phi) is 9.50. The second-order valence-corrected chi connectivity index (χ2v) is 8.05. The lowest BCUT2D eigenvalue weighted by molar-refractivity contribution is -0.169.